The lowest BCUT2D eigenvalue weighted by Gasteiger charge is -2.00. The van der Waals surface area contributed by atoms with E-state index in [0.29, 0.717) is 17.1 Å². The van der Waals surface area contributed by atoms with Gasteiger partial charge in [0.2, 0.25) is 0 Å². The number of hydrogen-bond donors (Lipinski definition) is 1. The van der Waals surface area contributed by atoms with Gasteiger partial charge in [0.15, 0.2) is 5.78 Å². The molecule has 134 valence electrons. The number of aromatic nitrogens is 2. The Labute approximate surface area is 151 Å². The lowest BCUT2D eigenvalue weighted by atomic mass is 10.1. The molecule has 0 bridgehead atoms. The van der Waals surface area contributed by atoms with Crippen molar-refractivity contribution in [1.29, 1.82) is 0 Å². The van der Waals surface area contributed by atoms with Crippen molar-refractivity contribution in [2.75, 3.05) is 12.8 Å². The standard InChI is InChI=1S/C20H21N3O3/c1-22-11-13(8-18(22)20(25)26-3)9-19(24)17-10-15(12-23(17)2)14-4-6-16(21)7-5-14/h4-8,10-12H,9,21H2,1-3H3. The SMILES string of the molecule is COC(=O)c1cc(CC(=O)c2cc(-c3ccc(N)cc3)cn2C)cn1C. The van der Waals surface area contributed by atoms with Gasteiger partial charge < -0.3 is 19.6 Å². The van der Waals surface area contributed by atoms with E-state index in [1.807, 2.05) is 48.1 Å². The number of ketones is 1. The van der Waals surface area contributed by atoms with Crippen LogP contribution < -0.4 is 5.73 Å². The van der Waals surface area contributed by atoms with Crippen LogP contribution in [0.5, 0.6) is 0 Å². The second kappa shape index (κ2) is 6.92. The molecular formula is C20H21N3O3. The van der Waals surface area contributed by atoms with Crippen molar-refractivity contribution in [1.82, 2.24) is 9.13 Å². The van der Waals surface area contributed by atoms with Gasteiger partial charge in [0, 0.05) is 44.2 Å². The Hall–Kier alpha value is -3.28. The van der Waals surface area contributed by atoms with Crippen LogP contribution in [0.2, 0.25) is 0 Å². The van der Waals surface area contributed by atoms with Gasteiger partial charge in [-0.3, -0.25) is 4.79 Å². The van der Waals surface area contributed by atoms with Crippen molar-refractivity contribution >= 4 is 17.4 Å². The van der Waals surface area contributed by atoms with Gasteiger partial charge in [-0.25, -0.2) is 4.79 Å². The molecule has 0 aliphatic heterocycles. The molecule has 0 fully saturated rings. The first-order valence-corrected chi connectivity index (χ1v) is 8.18. The monoisotopic (exact) mass is 351 g/mol. The van der Waals surface area contributed by atoms with Gasteiger partial charge >= 0.3 is 5.97 Å². The van der Waals surface area contributed by atoms with Gasteiger partial charge in [0.05, 0.1) is 12.8 Å². The van der Waals surface area contributed by atoms with Gasteiger partial charge in [0.25, 0.3) is 0 Å². The molecule has 0 radical (unpaired) electrons. The first kappa shape index (κ1) is 17.5. The number of carbonyl (C=O) groups is 2. The van der Waals surface area contributed by atoms with Crippen molar-refractivity contribution in [3.8, 4) is 11.1 Å². The summed E-state index contributed by atoms with van der Waals surface area (Å²) in [6.07, 6.45) is 3.90. The summed E-state index contributed by atoms with van der Waals surface area (Å²) in [6.45, 7) is 0. The van der Waals surface area contributed by atoms with E-state index in [0.717, 1.165) is 16.7 Å². The quantitative estimate of drug-likeness (QED) is 0.435. The molecule has 0 aliphatic carbocycles. The molecule has 0 saturated heterocycles. The molecule has 2 N–H and O–H groups in total. The molecular weight excluding hydrogens is 330 g/mol. The van der Waals surface area contributed by atoms with Gasteiger partial charge in [0.1, 0.15) is 5.69 Å². The van der Waals surface area contributed by atoms with E-state index in [4.69, 9.17) is 10.5 Å². The zero-order valence-electron chi connectivity index (χ0n) is 15.0. The number of Topliss-reactive ketones (excluding diaryl/α,β-unsaturated/α-hetero) is 1. The number of hydrogen-bond acceptors (Lipinski definition) is 4. The number of rotatable bonds is 5. The maximum absolute atomic E-state index is 12.7. The molecule has 0 saturated carbocycles. The van der Waals surface area contributed by atoms with Crippen LogP contribution in [0.4, 0.5) is 5.69 Å². The maximum Gasteiger partial charge on any atom is 0.354 e. The van der Waals surface area contributed by atoms with Crippen molar-refractivity contribution in [2.45, 2.75) is 6.42 Å². The number of anilines is 1. The van der Waals surface area contributed by atoms with Crippen LogP contribution in [0.25, 0.3) is 11.1 Å². The van der Waals surface area contributed by atoms with E-state index in [1.54, 1.807) is 23.9 Å². The fraction of sp³-hybridized carbons (Fsp3) is 0.200. The van der Waals surface area contributed by atoms with E-state index in [-0.39, 0.29) is 12.2 Å². The van der Waals surface area contributed by atoms with Crippen LogP contribution in [-0.4, -0.2) is 28.0 Å². The number of aryl methyl sites for hydroxylation is 2. The zero-order valence-corrected chi connectivity index (χ0v) is 15.0. The lowest BCUT2D eigenvalue weighted by molar-refractivity contribution is 0.0589. The van der Waals surface area contributed by atoms with Gasteiger partial charge in [-0.1, -0.05) is 12.1 Å². The molecule has 6 heteroatoms. The summed E-state index contributed by atoms with van der Waals surface area (Å²) >= 11 is 0. The molecule has 26 heavy (non-hydrogen) atoms. The molecule has 3 rings (SSSR count). The van der Waals surface area contributed by atoms with E-state index in [1.165, 1.54) is 7.11 Å². The van der Waals surface area contributed by atoms with Crippen LogP contribution in [0.1, 0.15) is 26.5 Å². The highest BCUT2D eigenvalue weighted by molar-refractivity contribution is 5.98. The summed E-state index contributed by atoms with van der Waals surface area (Å²) in [4.78, 5) is 24.4. The Morgan fingerprint density at radius 3 is 2.27 bits per heavy atom. The molecule has 1 aromatic carbocycles. The fourth-order valence-corrected chi connectivity index (χ4v) is 2.99. The normalized spacial score (nSPS) is 10.7. The van der Waals surface area contributed by atoms with Crippen molar-refractivity contribution in [2.24, 2.45) is 14.1 Å². The lowest BCUT2D eigenvalue weighted by Crippen LogP contribution is -2.07. The number of nitrogen functional groups attached to an aromatic ring is 1. The molecule has 2 aromatic heterocycles. The Morgan fingerprint density at radius 2 is 1.62 bits per heavy atom. The number of benzene rings is 1. The van der Waals surface area contributed by atoms with Gasteiger partial charge in [-0.2, -0.15) is 0 Å². The first-order valence-electron chi connectivity index (χ1n) is 8.18. The second-order valence-electron chi connectivity index (χ2n) is 6.28. The van der Waals surface area contributed by atoms with Gasteiger partial charge in [-0.15, -0.1) is 0 Å². The molecule has 2 heterocycles. The van der Waals surface area contributed by atoms with E-state index < -0.39 is 5.97 Å². The number of nitrogens with zero attached hydrogens (tertiary/aromatic N) is 2. The third-order valence-corrected chi connectivity index (χ3v) is 4.36. The van der Waals surface area contributed by atoms with Crippen LogP contribution in [0.15, 0.2) is 48.8 Å². The average molecular weight is 351 g/mol. The van der Waals surface area contributed by atoms with E-state index in [9.17, 15) is 9.59 Å². The van der Waals surface area contributed by atoms with Crippen LogP contribution in [-0.2, 0) is 25.3 Å². The molecule has 0 aliphatic rings. The summed E-state index contributed by atoms with van der Waals surface area (Å²) in [6, 6.07) is 11.1. The predicted octanol–water partition coefficient (Wildman–Crippen LogP) is 2.82. The largest absolute Gasteiger partial charge is 0.464 e. The molecule has 3 aromatic rings. The Balaban J connectivity index is 1.82. The number of carbonyl (C=O) groups excluding carboxylic acids is 2. The van der Waals surface area contributed by atoms with Crippen LogP contribution >= 0.6 is 0 Å². The summed E-state index contributed by atoms with van der Waals surface area (Å²) in [7, 11) is 4.93. The Morgan fingerprint density at radius 1 is 0.962 bits per heavy atom. The van der Waals surface area contributed by atoms with Gasteiger partial charge in [-0.05, 0) is 35.4 Å². The predicted molar refractivity (Wildman–Crippen MR) is 100 cm³/mol. The maximum atomic E-state index is 12.7. The number of nitrogens with two attached hydrogens (primary N) is 1. The van der Waals surface area contributed by atoms with E-state index in [2.05, 4.69) is 0 Å². The smallest absolute Gasteiger partial charge is 0.354 e. The molecule has 6 nitrogen and oxygen atoms in total. The molecule has 0 unspecified atom stereocenters. The molecule has 0 atom stereocenters. The summed E-state index contributed by atoms with van der Waals surface area (Å²) < 4.78 is 8.23. The Kier molecular flexibility index (Phi) is 4.67. The molecule has 0 amide bonds. The van der Waals surface area contributed by atoms with Crippen LogP contribution in [0.3, 0.4) is 0 Å². The number of methoxy groups -OCH3 is 1. The third kappa shape index (κ3) is 3.39. The highest BCUT2D eigenvalue weighted by Crippen LogP contribution is 2.24. The number of esters is 1. The Bertz CT molecular complexity index is 965. The number of ether oxygens (including phenoxy) is 1. The fourth-order valence-electron chi connectivity index (χ4n) is 2.99. The van der Waals surface area contributed by atoms with Crippen molar-refractivity contribution < 1.29 is 14.3 Å². The van der Waals surface area contributed by atoms with Crippen molar-refractivity contribution in [3.05, 3.63) is 65.7 Å². The zero-order chi connectivity index (χ0) is 18.8. The first-order chi connectivity index (χ1) is 12.4. The van der Waals surface area contributed by atoms with Crippen molar-refractivity contribution in [3.63, 3.8) is 0 Å². The molecule has 0 spiro atoms. The summed E-state index contributed by atoms with van der Waals surface area (Å²) in [5.74, 6) is -0.438. The summed E-state index contributed by atoms with van der Waals surface area (Å²) in [5, 5.41) is 0. The average Bonchev–Trinajstić information content (AvgIpc) is 3.17. The van der Waals surface area contributed by atoms with Crippen LogP contribution in [0, 0.1) is 0 Å². The topological polar surface area (TPSA) is 79.2 Å². The third-order valence-electron chi connectivity index (χ3n) is 4.36. The highest BCUT2D eigenvalue weighted by atomic mass is 16.5. The highest BCUT2D eigenvalue weighted by Gasteiger charge is 2.17. The second-order valence-corrected chi connectivity index (χ2v) is 6.28. The minimum Gasteiger partial charge on any atom is -0.464 e. The van der Waals surface area contributed by atoms with E-state index >= 15 is 0 Å². The minimum atomic E-state index is -0.421. The summed E-state index contributed by atoms with van der Waals surface area (Å²) in [5.41, 5.74) is 10.2. The minimum absolute atomic E-state index is 0.0174.